The lowest BCUT2D eigenvalue weighted by molar-refractivity contribution is 1.48. The summed E-state index contributed by atoms with van der Waals surface area (Å²) in [7, 11) is 0. The molecule has 0 unspecified atom stereocenters. The molecule has 0 saturated heterocycles. The molecule has 0 atom stereocenters. The van der Waals surface area contributed by atoms with Gasteiger partial charge in [-0.25, -0.2) is 0 Å². The van der Waals surface area contributed by atoms with Crippen LogP contribution in [0.5, 0.6) is 0 Å². The molecule has 2 aromatic carbocycles. The van der Waals surface area contributed by atoms with Gasteiger partial charge in [-0.2, -0.15) is 5.26 Å². The maximum atomic E-state index is 8.91. The Hall–Kier alpha value is -1.81. The Balaban J connectivity index is 0.000000531. The number of hydrogen-bond donors (Lipinski definition) is 0. The van der Waals surface area contributed by atoms with E-state index < -0.39 is 0 Å². The molecule has 0 aliphatic carbocycles. The summed E-state index contributed by atoms with van der Waals surface area (Å²) in [6, 6.07) is 14.1. The fourth-order valence-corrected chi connectivity index (χ4v) is 1.62. The number of nitriles is 1. The number of nitrogens with zero attached hydrogens (tertiary/aromatic N) is 1. The second kappa shape index (κ2) is 5.17. The highest BCUT2D eigenvalue weighted by Crippen LogP contribution is 2.21. The number of benzene rings is 2. The molecule has 0 radical (unpaired) electrons. The van der Waals surface area contributed by atoms with Crippen molar-refractivity contribution in [3.63, 3.8) is 0 Å². The van der Waals surface area contributed by atoms with Crippen molar-refractivity contribution in [2.75, 3.05) is 0 Å². The normalized spacial score (nSPS) is 8.93. The minimum atomic E-state index is 0.760. The summed E-state index contributed by atoms with van der Waals surface area (Å²) in [6.07, 6.45) is 0. The first kappa shape index (κ1) is 11.3. The van der Waals surface area contributed by atoms with Crippen molar-refractivity contribution in [1.82, 2.24) is 0 Å². The SMILES string of the molecule is CC.Cc1cccc2cccc(C#N)c12. The Morgan fingerprint density at radius 1 is 1.00 bits per heavy atom. The molecule has 1 nitrogen and oxygen atoms in total. The van der Waals surface area contributed by atoms with Crippen LogP contribution in [0, 0.1) is 18.3 Å². The van der Waals surface area contributed by atoms with Crippen LogP contribution in [0.25, 0.3) is 10.8 Å². The number of aryl methyl sites for hydroxylation is 1. The lowest BCUT2D eigenvalue weighted by Crippen LogP contribution is -1.82. The molecule has 0 fully saturated rings. The lowest BCUT2D eigenvalue weighted by atomic mass is 10.0. The van der Waals surface area contributed by atoms with Gasteiger partial charge in [0.1, 0.15) is 0 Å². The Morgan fingerprint density at radius 3 is 2.20 bits per heavy atom. The van der Waals surface area contributed by atoms with Gasteiger partial charge in [-0.3, -0.25) is 0 Å². The third kappa shape index (κ3) is 2.16. The van der Waals surface area contributed by atoms with Gasteiger partial charge in [0.2, 0.25) is 0 Å². The smallest absolute Gasteiger partial charge is 0.0998 e. The Kier molecular flexibility index (Phi) is 3.88. The van der Waals surface area contributed by atoms with Crippen LogP contribution in [0.15, 0.2) is 36.4 Å². The standard InChI is InChI=1S/C12H9N.C2H6/c1-9-4-2-5-10-6-3-7-11(8-13)12(9)10;1-2/h2-7H,1H3;1-2H3. The molecule has 2 rings (SSSR count). The zero-order valence-corrected chi connectivity index (χ0v) is 9.41. The molecular formula is C14H15N. The molecule has 0 bridgehead atoms. The van der Waals surface area contributed by atoms with Gasteiger partial charge in [-0.15, -0.1) is 0 Å². The highest BCUT2D eigenvalue weighted by Gasteiger charge is 2.01. The topological polar surface area (TPSA) is 23.8 Å². The zero-order chi connectivity index (χ0) is 11.3. The van der Waals surface area contributed by atoms with E-state index >= 15 is 0 Å². The first-order valence-electron chi connectivity index (χ1n) is 5.21. The summed E-state index contributed by atoms with van der Waals surface area (Å²) in [5.74, 6) is 0. The highest BCUT2D eigenvalue weighted by molar-refractivity contribution is 5.90. The van der Waals surface area contributed by atoms with Crippen molar-refractivity contribution < 1.29 is 0 Å². The minimum Gasteiger partial charge on any atom is -0.192 e. The summed E-state index contributed by atoms with van der Waals surface area (Å²) in [6.45, 7) is 6.03. The number of hydrogen-bond acceptors (Lipinski definition) is 1. The number of fused-ring (bicyclic) bond motifs is 1. The van der Waals surface area contributed by atoms with Crippen molar-refractivity contribution in [2.24, 2.45) is 0 Å². The highest BCUT2D eigenvalue weighted by atomic mass is 14.2. The van der Waals surface area contributed by atoms with E-state index in [0.717, 1.165) is 21.9 Å². The molecule has 15 heavy (non-hydrogen) atoms. The summed E-state index contributed by atoms with van der Waals surface area (Å²) in [5.41, 5.74) is 1.92. The molecule has 0 spiro atoms. The van der Waals surface area contributed by atoms with Crippen molar-refractivity contribution >= 4 is 10.8 Å². The Bertz CT molecular complexity index is 487. The van der Waals surface area contributed by atoms with Gasteiger partial charge < -0.3 is 0 Å². The van der Waals surface area contributed by atoms with E-state index in [-0.39, 0.29) is 0 Å². The predicted octanol–water partition coefficient (Wildman–Crippen LogP) is 4.05. The van der Waals surface area contributed by atoms with Crippen LogP contribution in [0.4, 0.5) is 0 Å². The molecule has 0 aliphatic heterocycles. The van der Waals surface area contributed by atoms with E-state index in [1.54, 1.807) is 0 Å². The summed E-state index contributed by atoms with van der Waals surface area (Å²) < 4.78 is 0. The van der Waals surface area contributed by atoms with Crippen LogP contribution in [0.3, 0.4) is 0 Å². The molecule has 1 heteroatoms. The van der Waals surface area contributed by atoms with E-state index in [1.165, 1.54) is 0 Å². The van der Waals surface area contributed by atoms with Crippen LogP contribution in [-0.4, -0.2) is 0 Å². The first-order chi connectivity index (χ1) is 7.33. The van der Waals surface area contributed by atoms with Gasteiger partial charge in [-0.1, -0.05) is 44.2 Å². The number of rotatable bonds is 0. The minimum absolute atomic E-state index is 0.760. The Morgan fingerprint density at radius 2 is 1.60 bits per heavy atom. The molecule has 0 aromatic heterocycles. The second-order valence-corrected chi connectivity index (χ2v) is 3.09. The molecule has 0 amide bonds. The molecule has 0 heterocycles. The van der Waals surface area contributed by atoms with E-state index in [9.17, 15) is 0 Å². The third-order valence-electron chi connectivity index (χ3n) is 2.23. The van der Waals surface area contributed by atoms with Gasteiger partial charge in [0, 0.05) is 5.39 Å². The van der Waals surface area contributed by atoms with Crippen LogP contribution in [-0.2, 0) is 0 Å². The summed E-state index contributed by atoms with van der Waals surface area (Å²) in [5, 5.41) is 11.1. The van der Waals surface area contributed by atoms with Gasteiger partial charge in [0.15, 0.2) is 0 Å². The molecule has 0 aliphatic rings. The van der Waals surface area contributed by atoms with E-state index in [2.05, 4.69) is 6.07 Å². The third-order valence-corrected chi connectivity index (χ3v) is 2.23. The van der Waals surface area contributed by atoms with Crippen molar-refractivity contribution in [2.45, 2.75) is 20.8 Å². The average molecular weight is 197 g/mol. The van der Waals surface area contributed by atoms with Crippen LogP contribution < -0.4 is 0 Å². The van der Waals surface area contributed by atoms with Crippen molar-refractivity contribution in [3.05, 3.63) is 47.5 Å². The van der Waals surface area contributed by atoms with Crippen molar-refractivity contribution in [1.29, 1.82) is 5.26 Å². The average Bonchev–Trinajstić information content (AvgIpc) is 2.31. The summed E-state index contributed by atoms with van der Waals surface area (Å²) >= 11 is 0. The van der Waals surface area contributed by atoms with Gasteiger partial charge in [0.05, 0.1) is 11.6 Å². The second-order valence-electron chi connectivity index (χ2n) is 3.09. The molecule has 76 valence electrons. The zero-order valence-electron chi connectivity index (χ0n) is 9.41. The first-order valence-corrected chi connectivity index (χ1v) is 5.21. The summed E-state index contributed by atoms with van der Waals surface area (Å²) in [4.78, 5) is 0. The molecular weight excluding hydrogens is 182 g/mol. The predicted molar refractivity (Wildman–Crippen MR) is 64.7 cm³/mol. The van der Waals surface area contributed by atoms with E-state index in [4.69, 9.17) is 5.26 Å². The lowest BCUT2D eigenvalue weighted by Gasteiger charge is -2.02. The maximum Gasteiger partial charge on any atom is 0.0998 e. The molecule has 0 saturated carbocycles. The molecule has 2 aromatic rings. The fraction of sp³-hybridized carbons (Fsp3) is 0.214. The van der Waals surface area contributed by atoms with Crippen LogP contribution in [0.1, 0.15) is 25.0 Å². The van der Waals surface area contributed by atoms with Crippen molar-refractivity contribution in [3.8, 4) is 6.07 Å². The molecule has 0 N–H and O–H groups in total. The van der Waals surface area contributed by atoms with Gasteiger partial charge in [-0.05, 0) is 23.9 Å². The Labute approximate surface area is 91.0 Å². The van der Waals surface area contributed by atoms with E-state index in [1.807, 2.05) is 57.2 Å². The quantitative estimate of drug-likeness (QED) is 0.625. The largest absolute Gasteiger partial charge is 0.192 e. The maximum absolute atomic E-state index is 8.91. The van der Waals surface area contributed by atoms with Crippen LogP contribution in [0.2, 0.25) is 0 Å². The fourth-order valence-electron chi connectivity index (χ4n) is 1.62. The van der Waals surface area contributed by atoms with Crippen LogP contribution >= 0.6 is 0 Å². The van der Waals surface area contributed by atoms with Gasteiger partial charge >= 0.3 is 0 Å². The van der Waals surface area contributed by atoms with E-state index in [0.29, 0.717) is 0 Å². The van der Waals surface area contributed by atoms with Gasteiger partial charge in [0.25, 0.3) is 0 Å². The monoisotopic (exact) mass is 197 g/mol.